The summed E-state index contributed by atoms with van der Waals surface area (Å²) in [6.07, 6.45) is 4.39. The SMILES string of the molecule is Cc1ccc([C@H]2CN(Cc3ccccc3)C[C@H]2c2cc(=O)[nH]c(NCCc3ccncc3)n2)o1. The van der Waals surface area contributed by atoms with E-state index in [1.54, 1.807) is 18.5 Å². The highest BCUT2D eigenvalue weighted by atomic mass is 16.3. The fourth-order valence-electron chi connectivity index (χ4n) is 4.72. The van der Waals surface area contributed by atoms with Crippen molar-refractivity contribution in [3.8, 4) is 0 Å². The number of furan rings is 1. The van der Waals surface area contributed by atoms with Gasteiger partial charge < -0.3 is 9.73 Å². The zero-order valence-corrected chi connectivity index (χ0v) is 19.3. The number of hydrogen-bond acceptors (Lipinski definition) is 6. The Balaban J connectivity index is 1.36. The van der Waals surface area contributed by atoms with Crippen molar-refractivity contribution in [1.29, 1.82) is 0 Å². The summed E-state index contributed by atoms with van der Waals surface area (Å²) in [6, 6.07) is 20.1. The maximum Gasteiger partial charge on any atom is 0.252 e. The predicted octanol–water partition coefficient (Wildman–Crippen LogP) is 4.10. The maximum absolute atomic E-state index is 12.5. The van der Waals surface area contributed by atoms with Crippen molar-refractivity contribution < 1.29 is 4.42 Å². The third kappa shape index (κ3) is 5.26. The zero-order valence-electron chi connectivity index (χ0n) is 19.3. The number of likely N-dealkylation sites (tertiary alicyclic amines) is 1. The molecule has 0 bridgehead atoms. The van der Waals surface area contributed by atoms with Crippen molar-refractivity contribution in [3.05, 3.63) is 112 Å². The average molecular weight is 456 g/mol. The van der Waals surface area contributed by atoms with Crippen molar-refractivity contribution in [2.24, 2.45) is 0 Å². The lowest BCUT2D eigenvalue weighted by molar-refractivity contribution is 0.319. The van der Waals surface area contributed by atoms with Crippen LogP contribution in [0.5, 0.6) is 0 Å². The topological polar surface area (TPSA) is 87.0 Å². The molecule has 5 rings (SSSR count). The van der Waals surface area contributed by atoms with Gasteiger partial charge in [0.05, 0.1) is 5.69 Å². The van der Waals surface area contributed by atoms with Gasteiger partial charge in [0, 0.05) is 56.5 Å². The summed E-state index contributed by atoms with van der Waals surface area (Å²) in [5, 5.41) is 3.28. The second-order valence-electron chi connectivity index (χ2n) is 8.89. The third-order valence-electron chi connectivity index (χ3n) is 6.37. The van der Waals surface area contributed by atoms with Crippen LogP contribution in [0.15, 0.2) is 82.3 Å². The molecule has 4 heterocycles. The van der Waals surface area contributed by atoms with E-state index in [1.807, 2.05) is 31.2 Å². The largest absolute Gasteiger partial charge is 0.466 e. The number of hydrogen-bond donors (Lipinski definition) is 2. The molecular weight excluding hydrogens is 426 g/mol. The van der Waals surface area contributed by atoms with Crippen molar-refractivity contribution in [1.82, 2.24) is 19.9 Å². The third-order valence-corrected chi connectivity index (χ3v) is 6.37. The molecule has 0 amide bonds. The van der Waals surface area contributed by atoms with Crippen LogP contribution < -0.4 is 10.9 Å². The van der Waals surface area contributed by atoms with Gasteiger partial charge in [0.15, 0.2) is 0 Å². The Hall–Kier alpha value is -3.71. The molecule has 4 aromatic rings. The second-order valence-corrected chi connectivity index (χ2v) is 8.89. The van der Waals surface area contributed by atoms with E-state index in [0.29, 0.717) is 12.5 Å². The molecule has 1 fully saturated rings. The van der Waals surface area contributed by atoms with Crippen LogP contribution in [0, 0.1) is 6.92 Å². The predicted molar refractivity (Wildman–Crippen MR) is 132 cm³/mol. The molecule has 3 aromatic heterocycles. The zero-order chi connectivity index (χ0) is 23.3. The first-order chi connectivity index (χ1) is 16.6. The van der Waals surface area contributed by atoms with Crippen LogP contribution >= 0.6 is 0 Å². The van der Waals surface area contributed by atoms with Crippen molar-refractivity contribution in [3.63, 3.8) is 0 Å². The van der Waals surface area contributed by atoms with Gasteiger partial charge in [-0.3, -0.25) is 19.7 Å². The van der Waals surface area contributed by atoms with Gasteiger partial charge in [-0.15, -0.1) is 0 Å². The van der Waals surface area contributed by atoms with E-state index in [4.69, 9.17) is 9.40 Å². The lowest BCUT2D eigenvalue weighted by Gasteiger charge is -2.17. The molecule has 2 atom stereocenters. The summed E-state index contributed by atoms with van der Waals surface area (Å²) in [4.78, 5) is 26.7. The lowest BCUT2D eigenvalue weighted by atomic mass is 9.90. The molecular formula is C27H29N5O2. The van der Waals surface area contributed by atoms with Gasteiger partial charge in [0.2, 0.25) is 5.95 Å². The number of aryl methyl sites for hydroxylation is 1. The fraction of sp³-hybridized carbons (Fsp3) is 0.296. The van der Waals surface area contributed by atoms with Gasteiger partial charge >= 0.3 is 0 Å². The van der Waals surface area contributed by atoms with Crippen molar-refractivity contribution in [2.45, 2.75) is 31.7 Å². The molecule has 1 aliphatic heterocycles. The van der Waals surface area contributed by atoms with Gasteiger partial charge in [-0.05, 0) is 48.7 Å². The van der Waals surface area contributed by atoms with Crippen LogP contribution in [0.2, 0.25) is 0 Å². The number of H-pyrrole nitrogens is 1. The number of rotatable bonds is 8. The van der Waals surface area contributed by atoms with Gasteiger partial charge in [0.1, 0.15) is 11.5 Å². The number of aromatic nitrogens is 3. The monoisotopic (exact) mass is 455 g/mol. The molecule has 7 heteroatoms. The minimum atomic E-state index is -0.146. The molecule has 1 aliphatic rings. The number of aromatic amines is 1. The molecule has 0 radical (unpaired) electrons. The highest BCUT2D eigenvalue weighted by Crippen LogP contribution is 2.40. The molecule has 0 unspecified atom stereocenters. The average Bonchev–Trinajstić information content (AvgIpc) is 3.46. The van der Waals surface area contributed by atoms with Crippen LogP contribution in [0.4, 0.5) is 5.95 Å². The molecule has 1 aromatic carbocycles. The smallest absolute Gasteiger partial charge is 0.252 e. The van der Waals surface area contributed by atoms with Gasteiger partial charge in [-0.1, -0.05) is 30.3 Å². The maximum atomic E-state index is 12.5. The van der Waals surface area contributed by atoms with Crippen LogP contribution in [0.25, 0.3) is 0 Å². The fourth-order valence-corrected chi connectivity index (χ4v) is 4.72. The van der Waals surface area contributed by atoms with Crippen LogP contribution in [-0.2, 0) is 13.0 Å². The van der Waals surface area contributed by atoms with Crippen molar-refractivity contribution >= 4 is 5.95 Å². The number of nitrogens with one attached hydrogen (secondary N) is 2. The van der Waals surface area contributed by atoms with E-state index in [2.05, 4.69) is 50.5 Å². The highest BCUT2D eigenvalue weighted by molar-refractivity contribution is 5.30. The Morgan fingerprint density at radius 1 is 1.03 bits per heavy atom. The van der Waals surface area contributed by atoms with Crippen LogP contribution in [-0.4, -0.2) is 39.5 Å². The summed E-state index contributed by atoms with van der Waals surface area (Å²) in [5.74, 6) is 2.56. The van der Waals surface area contributed by atoms with E-state index in [0.717, 1.165) is 43.3 Å². The van der Waals surface area contributed by atoms with E-state index in [1.165, 1.54) is 11.1 Å². The number of pyridine rings is 1. The Morgan fingerprint density at radius 2 is 1.82 bits per heavy atom. The number of anilines is 1. The van der Waals surface area contributed by atoms with E-state index >= 15 is 0 Å². The first-order valence-electron chi connectivity index (χ1n) is 11.7. The van der Waals surface area contributed by atoms with Gasteiger partial charge in [-0.2, -0.15) is 0 Å². The minimum Gasteiger partial charge on any atom is -0.466 e. The molecule has 0 spiro atoms. The van der Waals surface area contributed by atoms with E-state index < -0.39 is 0 Å². The number of benzene rings is 1. The first-order valence-corrected chi connectivity index (χ1v) is 11.7. The van der Waals surface area contributed by atoms with Gasteiger partial charge in [-0.25, -0.2) is 4.98 Å². The standard InChI is InChI=1S/C27H29N5O2/c1-19-7-8-25(34-19)23-18-32(16-21-5-3-2-4-6-21)17-22(23)24-15-26(33)31-27(30-24)29-14-11-20-9-12-28-13-10-20/h2-10,12-13,15,22-23H,11,14,16-18H2,1H3,(H2,29,30,31,33)/t22-,23+/m1/s1. The molecule has 1 saturated heterocycles. The molecule has 34 heavy (non-hydrogen) atoms. The minimum absolute atomic E-state index is 0.0670. The first kappa shape index (κ1) is 22.1. The second kappa shape index (κ2) is 10.1. The Labute approximate surface area is 198 Å². The summed E-state index contributed by atoms with van der Waals surface area (Å²) in [7, 11) is 0. The number of nitrogens with zero attached hydrogens (tertiary/aromatic N) is 3. The lowest BCUT2D eigenvalue weighted by Crippen LogP contribution is -2.21. The van der Waals surface area contributed by atoms with E-state index in [-0.39, 0.29) is 17.4 Å². The van der Waals surface area contributed by atoms with Crippen LogP contribution in [0.1, 0.15) is 40.2 Å². The van der Waals surface area contributed by atoms with E-state index in [9.17, 15) is 4.79 Å². The summed E-state index contributed by atoms with van der Waals surface area (Å²) >= 11 is 0. The quantitative estimate of drug-likeness (QED) is 0.416. The van der Waals surface area contributed by atoms with Crippen LogP contribution in [0.3, 0.4) is 0 Å². The molecule has 7 nitrogen and oxygen atoms in total. The summed E-state index contributed by atoms with van der Waals surface area (Å²) in [6.45, 7) is 5.15. The molecule has 0 saturated carbocycles. The van der Waals surface area contributed by atoms with Crippen molar-refractivity contribution in [2.75, 3.05) is 25.0 Å². The Morgan fingerprint density at radius 3 is 2.59 bits per heavy atom. The summed E-state index contributed by atoms with van der Waals surface area (Å²) < 4.78 is 6.03. The van der Waals surface area contributed by atoms with Gasteiger partial charge in [0.25, 0.3) is 5.56 Å². The molecule has 174 valence electrons. The Kier molecular flexibility index (Phi) is 6.53. The molecule has 2 N–H and O–H groups in total. The molecule has 0 aliphatic carbocycles. The summed E-state index contributed by atoms with van der Waals surface area (Å²) in [5.41, 5.74) is 3.11. The normalized spacial score (nSPS) is 18.3. The highest BCUT2D eigenvalue weighted by Gasteiger charge is 2.38. The Bertz CT molecular complexity index is 1270.